The third kappa shape index (κ3) is 4.90. The maximum atomic E-state index is 12.5. The van der Waals surface area contributed by atoms with E-state index in [9.17, 15) is 13.2 Å². The minimum atomic E-state index is -4.67. The van der Waals surface area contributed by atoms with Gasteiger partial charge in [-0.2, -0.15) is 0 Å². The van der Waals surface area contributed by atoms with Crippen LogP contribution in [0, 0.1) is 5.92 Å². The van der Waals surface area contributed by atoms with Crippen LogP contribution in [-0.4, -0.2) is 31.5 Å². The van der Waals surface area contributed by atoms with Crippen molar-refractivity contribution in [2.24, 2.45) is 10.9 Å². The smallest absolute Gasteiger partial charge is 0.405 e. The van der Waals surface area contributed by atoms with Crippen LogP contribution in [0.1, 0.15) is 31.2 Å². The van der Waals surface area contributed by atoms with E-state index in [1.807, 2.05) is 0 Å². The number of rotatable bonds is 4. The zero-order valence-electron chi connectivity index (χ0n) is 13.4. The minimum Gasteiger partial charge on any atom is -0.405 e. The van der Waals surface area contributed by atoms with Crippen LogP contribution in [0.3, 0.4) is 0 Å². The van der Waals surface area contributed by atoms with Crippen LogP contribution in [0.15, 0.2) is 29.3 Å². The number of guanidine groups is 1. The first-order valence-electron chi connectivity index (χ1n) is 7.72. The van der Waals surface area contributed by atoms with E-state index in [4.69, 9.17) is 0 Å². The fourth-order valence-electron chi connectivity index (χ4n) is 2.75. The van der Waals surface area contributed by atoms with Crippen molar-refractivity contribution in [3.63, 3.8) is 0 Å². The quantitative estimate of drug-likeness (QED) is 0.414. The molecule has 24 heavy (non-hydrogen) atoms. The maximum absolute atomic E-state index is 12.5. The lowest BCUT2D eigenvalue weighted by Crippen LogP contribution is -2.40. The highest BCUT2D eigenvalue weighted by molar-refractivity contribution is 14.0. The van der Waals surface area contributed by atoms with Gasteiger partial charge in [0.05, 0.1) is 0 Å². The van der Waals surface area contributed by atoms with Crippen molar-refractivity contribution < 1.29 is 17.9 Å². The van der Waals surface area contributed by atoms with Gasteiger partial charge in [0, 0.05) is 25.0 Å². The number of alkyl halides is 3. The van der Waals surface area contributed by atoms with Crippen LogP contribution in [0.2, 0.25) is 0 Å². The van der Waals surface area contributed by atoms with E-state index >= 15 is 0 Å². The van der Waals surface area contributed by atoms with Crippen molar-refractivity contribution in [1.29, 1.82) is 0 Å². The van der Waals surface area contributed by atoms with E-state index in [-0.39, 0.29) is 41.7 Å². The molecule has 4 nitrogen and oxygen atoms in total. The van der Waals surface area contributed by atoms with E-state index in [0.29, 0.717) is 23.5 Å². The molecule has 134 valence electrons. The first-order chi connectivity index (χ1) is 10.9. The van der Waals surface area contributed by atoms with Gasteiger partial charge in [-0.15, -0.1) is 37.1 Å². The van der Waals surface area contributed by atoms with E-state index in [1.165, 1.54) is 6.07 Å². The van der Waals surface area contributed by atoms with Gasteiger partial charge in [-0.25, -0.2) is 0 Å². The Morgan fingerprint density at radius 2 is 1.79 bits per heavy atom. The minimum absolute atomic E-state index is 0. The molecule has 0 saturated heterocycles. The molecule has 0 aromatic heterocycles. The number of hydrogen-bond donors (Lipinski definition) is 2. The molecule has 0 aliphatic heterocycles. The average molecular weight is 455 g/mol. The SMILES string of the molecule is CN=C(NC1CC1C)NC1CC1c1ccccc1OC(F)(F)F.I. The number of nitrogens with one attached hydrogen (secondary N) is 2. The normalized spacial score (nSPS) is 28.6. The van der Waals surface area contributed by atoms with Gasteiger partial charge in [-0.1, -0.05) is 25.1 Å². The lowest BCUT2D eigenvalue weighted by atomic mass is 10.1. The fourth-order valence-corrected chi connectivity index (χ4v) is 2.75. The highest BCUT2D eigenvalue weighted by atomic mass is 127. The Bertz CT molecular complexity index is 608. The molecule has 1 aromatic carbocycles. The first-order valence-corrected chi connectivity index (χ1v) is 7.72. The third-order valence-corrected chi connectivity index (χ3v) is 4.31. The zero-order chi connectivity index (χ0) is 16.6. The van der Waals surface area contributed by atoms with Gasteiger partial charge < -0.3 is 15.4 Å². The zero-order valence-corrected chi connectivity index (χ0v) is 15.8. The van der Waals surface area contributed by atoms with Crippen molar-refractivity contribution in [1.82, 2.24) is 10.6 Å². The second-order valence-corrected chi connectivity index (χ2v) is 6.21. The molecule has 0 bridgehead atoms. The van der Waals surface area contributed by atoms with Crippen LogP contribution in [0.5, 0.6) is 5.75 Å². The van der Waals surface area contributed by atoms with Crippen LogP contribution in [-0.2, 0) is 0 Å². The van der Waals surface area contributed by atoms with E-state index < -0.39 is 6.36 Å². The second-order valence-electron chi connectivity index (χ2n) is 6.21. The van der Waals surface area contributed by atoms with Gasteiger partial charge in [0.2, 0.25) is 0 Å². The summed E-state index contributed by atoms with van der Waals surface area (Å²) in [7, 11) is 1.69. The van der Waals surface area contributed by atoms with Gasteiger partial charge in [0.15, 0.2) is 5.96 Å². The third-order valence-electron chi connectivity index (χ3n) is 4.31. The summed E-state index contributed by atoms with van der Waals surface area (Å²) in [4.78, 5) is 4.18. The molecular formula is C16H21F3IN3O. The van der Waals surface area contributed by atoms with Crippen molar-refractivity contribution in [3.8, 4) is 5.75 Å². The molecule has 2 aliphatic rings. The molecular weight excluding hydrogens is 434 g/mol. The Hall–Kier alpha value is -1.19. The fraction of sp³-hybridized carbons (Fsp3) is 0.562. The van der Waals surface area contributed by atoms with Crippen molar-refractivity contribution >= 4 is 29.9 Å². The largest absolute Gasteiger partial charge is 0.573 e. The molecule has 2 aliphatic carbocycles. The molecule has 0 radical (unpaired) electrons. The first kappa shape index (κ1) is 19.1. The van der Waals surface area contributed by atoms with E-state index in [0.717, 1.165) is 12.8 Å². The summed E-state index contributed by atoms with van der Waals surface area (Å²) in [6, 6.07) is 6.84. The van der Waals surface area contributed by atoms with Gasteiger partial charge >= 0.3 is 6.36 Å². The van der Waals surface area contributed by atoms with Crippen molar-refractivity contribution in [2.75, 3.05) is 7.05 Å². The summed E-state index contributed by atoms with van der Waals surface area (Å²) >= 11 is 0. The number of halogens is 4. The van der Waals surface area contributed by atoms with Crippen LogP contribution in [0.4, 0.5) is 13.2 Å². The Morgan fingerprint density at radius 1 is 1.17 bits per heavy atom. The Labute approximate surface area is 156 Å². The van der Waals surface area contributed by atoms with E-state index in [2.05, 4.69) is 27.3 Å². The predicted octanol–water partition coefficient (Wildman–Crippen LogP) is 3.63. The number of ether oxygens (including phenoxy) is 1. The summed E-state index contributed by atoms with van der Waals surface area (Å²) in [6.07, 6.45) is -2.79. The Kier molecular flexibility index (Phi) is 5.87. The van der Waals surface area contributed by atoms with Gasteiger partial charge in [-0.3, -0.25) is 4.99 Å². The summed E-state index contributed by atoms with van der Waals surface area (Å²) < 4.78 is 41.6. The van der Waals surface area contributed by atoms with Crippen LogP contribution < -0.4 is 15.4 Å². The molecule has 8 heteroatoms. The molecule has 3 rings (SSSR count). The molecule has 0 amide bonds. The summed E-state index contributed by atoms with van der Waals surface area (Å²) in [5, 5.41) is 6.59. The highest BCUT2D eigenvalue weighted by Crippen LogP contribution is 2.45. The van der Waals surface area contributed by atoms with Gasteiger partial charge in [-0.05, 0) is 30.4 Å². The van der Waals surface area contributed by atoms with Crippen LogP contribution >= 0.6 is 24.0 Å². The molecule has 4 unspecified atom stereocenters. The molecule has 1 aromatic rings. The molecule has 4 atom stereocenters. The van der Waals surface area contributed by atoms with Gasteiger partial charge in [0.1, 0.15) is 5.75 Å². The Morgan fingerprint density at radius 3 is 2.38 bits per heavy atom. The molecule has 2 N–H and O–H groups in total. The predicted molar refractivity (Wildman–Crippen MR) is 96.9 cm³/mol. The van der Waals surface area contributed by atoms with Crippen molar-refractivity contribution in [2.45, 2.75) is 44.1 Å². The molecule has 0 heterocycles. The number of aliphatic imine (C=N–C) groups is 1. The van der Waals surface area contributed by atoms with Gasteiger partial charge in [0.25, 0.3) is 0 Å². The average Bonchev–Trinajstić information content (AvgIpc) is 3.37. The van der Waals surface area contributed by atoms with Crippen LogP contribution in [0.25, 0.3) is 0 Å². The lowest BCUT2D eigenvalue weighted by Gasteiger charge is -2.14. The summed E-state index contributed by atoms with van der Waals surface area (Å²) in [5.74, 6) is 1.24. The molecule has 2 fully saturated rings. The maximum Gasteiger partial charge on any atom is 0.573 e. The monoisotopic (exact) mass is 455 g/mol. The number of nitrogens with zero attached hydrogens (tertiary/aromatic N) is 1. The number of para-hydroxylation sites is 1. The molecule has 0 spiro atoms. The lowest BCUT2D eigenvalue weighted by molar-refractivity contribution is -0.274. The standard InChI is InChI=1S/C16H20F3N3O.HI/c1-9-7-12(9)21-15(20-2)22-13-8-11(13)10-5-3-4-6-14(10)23-16(17,18)19;/h3-6,9,11-13H,7-8H2,1-2H3,(H2,20,21,22);1H. The second kappa shape index (κ2) is 7.37. The highest BCUT2D eigenvalue weighted by Gasteiger charge is 2.43. The molecule has 2 saturated carbocycles. The van der Waals surface area contributed by atoms with Crippen molar-refractivity contribution in [3.05, 3.63) is 29.8 Å². The summed E-state index contributed by atoms with van der Waals surface area (Å²) in [6.45, 7) is 2.16. The topological polar surface area (TPSA) is 45.7 Å². The summed E-state index contributed by atoms with van der Waals surface area (Å²) in [5.41, 5.74) is 0.581. The Balaban J connectivity index is 0.00000208. The van der Waals surface area contributed by atoms with E-state index in [1.54, 1.807) is 25.2 Å². The number of benzene rings is 1. The number of hydrogen-bond acceptors (Lipinski definition) is 2.